The molecule has 1 aromatic rings. The Morgan fingerprint density at radius 1 is 1.30 bits per heavy atom. The number of nitrogens with one attached hydrogen (secondary N) is 1. The first-order valence-corrected chi connectivity index (χ1v) is 7.83. The summed E-state index contributed by atoms with van der Waals surface area (Å²) in [4.78, 5) is 2.32. The van der Waals surface area contributed by atoms with E-state index in [0.717, 1.165) is 30.8 Å². The van der Waals surface area contributed by atoms with E-state index in [1.54, 1.807) is 7.11 Å². The molecule has 2 atom stereocenters. The van der Waals surface area contributed by atoms with Crippen molar-refractivity contribution in [1.29, 1.82) is 0 Å². The summed E-state index contributed by atoms with van der Waals surface area (Å²) >= 11 is 0. The molecule has 1 N–H and O–H groups in total. The van der Waals surface area contributed by atoms with E-state index in [2.05, 4.69) is 36.3 Å². The number of para-hydroxylation sites is 2. The van der Waals surface area contributed by atoms with Crippen LogP contribution >= 0.6 is 0 Å². The maximum absolute atomic E-state index is 5.44. The second kappa shape index (κ2) is 7.53. The molecule has 0 aliphatic heterocycles. The Kier molecular flexibility index (Phi) is 5.72. The van der Waals surface area contributed by atoms with Gasteiger partial charge in [-0.15, -0.1) is 0 Å². The second-order valence-corrected chi connectivity index (χ2v) is 5.74. The Morgan fingerprint density at radius 2 is 2.10 bits per heavy atom. The zero-order valence-corrected chi connectivity index (χ0v) is 13.1. The number of methoxy groups -OCH3 is 1. The van der Waals surface area contributed by atoms with Crippen LogP contribution in [0.5, 0.6) is 5.75 Å². The summed E-state index contributed by atoms with van der Waals surface area (Å²) in [5.41, 5.74) is 1.19. The maximum Gasteiger partial charge on any atom is 0.142 e. The average Bonchev–Trinajstić information content (AvgIpc) is 2.92. The number of hydrogen-bond donors (Lipinski definition) is 1. The maximum atomic E-state index is 5.44. The molecule has 0 saturated heterocycles. The number of benzene rings is 1. The van der Waals surface area contributed by atoms with E-state index >= 15 is 0 Å². The van der Waals surface area contributed by atoms with E-state index in [4.69, 9.17) is 4.74 Å². The molecule has 1 fully saturated rings. The number of anilines is 1. The molecule has 1 aliphatic rings. The van der Waals surface area contributed by atoms with Gasteiger partial charge in [0.15, 0.2) is 0 Å². The van der Waals surface area contributed by atoms with Crippen molar-refractivity contribution >= 4 is 5.69 Å². The van der Waals surface area contributed by atoms with Crippen LogP contribution in [-0.4, -0.2) is 33.3 Å². The minimum Gasteiger partial charge on any atom is -0.495 e. The molecule has 1 saturated carbocycles. The van der Waals surface area contributed by atoms with Gasteiger partial charge in [0.05, 0.1) is 12.8 Å². The highest BCUT2D eigenvalue weighted by Crippen LogP contribution is 2.31. The van der Waals surface area contributed by atoms with Gasteiger partial charge in [0, 0.05) is 19.6 Å². The Balaban J connectivity index is 1.90. The molecule has 2 rings (SSSR count). The topological polar surface area (TPSA) is 24.5 Å². The molecule has 20 heavy (non-hydrogen) atoms. The molecule has 112 valence electrons. The molecule has 0 heterocycles. The molecule has 0 spiro atoms. The first-order valence-electron chi connectivity index (χ1n) is 7.83. The smallest absolute Gasteiger partial charge is 0.142 e. The van der Waals surface area contributed by atoms with Crippen LogP contribution in [0.25, 0.3) is 0 Å². The van der Waals surface area contributed by atoms with Crippen LogP contribution in [0, 0.1) is 5.92 Å². The molecule has 2 unspecified atom stereocenters. The lowest BCUT2D eigenvalue weighted by Gasteiger charge is -2.26. The summed E-state index contributed by atoms with van der Waals surface area (Å²) in [7, 11) is 3.90. The molecule has 1 aliphatic carbocycles. The lowest BCUT2D eigenvalue weighted by atomic mass is 9.99. The SMILES string of the molecule is CCNC1CCCC1CCN(C)c1ccccc1OC. The van der Waals surface area contributed by atoms with Gasteiger partial charge in [0.1, 0.15) is 5.75 Å². The van der Waals surface area contributed by atoms with E-state index in [0.29, 0.717) is 0 Å². The molecular formula is C17H28N2O. The Morgan fingerprint density at radius 3 is 2.85 bits per heavy atom. The van der Waals surface area contributed by atoms with Crippen LogP contribution in [0.1, 0.15) is 32.6 Å². The van der Waals surface area contributed by atoms with Crippen molar-refractivity contribution in [3.05, 3.63) is 24.3 Å². The van der Waals surface area contributed by atoms with Gasteiger partial charge in [-0.2, -0.15) is 0 Å². The Hall–Kier alpha value is -1.22. The van der Waals surface area contributed by atoms with E-state index in [1.807, 2.05) is 12.1 Å². The largest absolute Gasteiger partial charge is 0.495 e. The van der Waals surface area contributed by atoms with E-state index in [1.165, 1.54) is 31.4 Å². The number of hydrogen-bond acceptors (Lipinski definition) is 3. The number of nitrogens with zero attached hydrogens (tertiary/aromatic N) is 1. The van der Waals surface area contributed by atoms with Crippen molar-refractivity contribution in [2.45, 2.75) is 38.6 Å². The quantitative estimate of drug-likeness (QED) is 0.827. The molecule has 0 bridgehead atoms. The Labute approximate surface area is 123 Å². The molecule has 0 amide bonds. The third-order valence-corrected chi connectivity index (χ3v) is 4.46. The van der Waals surface area contributed by atoms with Gasteiger partial charge in [-0.05, 0) is 43.9 Å². The minimum absolute atomic E-state index is 0.728. The molecular weight excluding hydrogens is 248 g/mol. The number of ether oxygens (including phenoxy) is 1. The first-order chi connectivity index (χ1) is 9.76. The van der Waals surface area contributed by atoms with Crippen LogP contribution in [0.15, 0.2) is 24.3 Å². The van der Waals surface area contributed by atoms with Crippen molar-refractivity contribution in [2.24, 2.45) is 5.92 Å². The fraction of sp³-hybridized carbons (Fsp3) is 0.647. The highest BCUT2D eigenvalue weighted by molar-refractivity contribution is 5.57. The first kappa shape index (κ1) is 15.2. The standard InChI is InChI=1S/C17H28N2O/c1-4-18-15-9-7-8-14(15)12-13-19(2)16-10-5-6-11-17(16)20-3/h5-6,10-11,14-15,18H,4,7-9,12-13H2,1-3H3. The third-order valence-electron chi connectivity index (χ3n) is 4.46. The molecule has 3 heteroatoms. The fourth-order valence-corrected chi connectivity index (χ4v) is 3.34. The van der Waals surface area contributed by atoms with Crippen LogP contribution in [0.2, 0.25) is 0 Å². The summed E-state index contributed by atoms with van der Waals surface area (Å²) in [6.45, 7) is 4.38. The molecule has 0 aromatic heterocycles. The molecule has 1 aromatic carbocycles. The van der Waals surface area contributed by atoms with Crippen LogP contribution < -0.4 is 15.0 Å². The van der Waals surface area contributed by atoms with E-state index in [-0.39, 0.29) is 0 Å². The lowest BCUT2D eigenvalue weighted by Crippen LogP contribution is -2.34. The van der Waals surface area contributed by atoms with Crippen molar-refractivity contribution in [3.63, 3.8) is 0 Å². The van der Waals surface area contributed by atoms with Gasteiger partial charge in [-0.25, -0.2) is 0 Å². The van der Waals surface area contributed by atoms with Gasteiger partial charge >= 0.3 is 0 Å². The van der Waals surface area contributed by atoms with Crippen LogP contribution in [0.4, 0.5) is 5.69 Å². The van der Waals surface area contributed by atoms with E-state index in [9.17, 15) is 0 Å². The number of rotatable bonds is 7. The van der Waals surface area contributed by atoms with Gasteiger partial charge in [-0.1, -0.05) is 25.5 Å². The van der Waals surface area contributed by atoms with Crippen LogP contribution in [-0.2, 0) is 0 Å². The van der Waals surface area contributed by atoms with Crippen molar-refractivity contribution < 1.29 is 4.74 Å². The van der Waals surface area contributed by atoms with Gasteiger partial charge < -0.3 is 15.0 Å². The second-order valence-electron chi connectivity index (χ2n) is 5.74. The summed E-state index contributed by atoms with van der Waals surface area (Å²) in [5, 5.41) is 3.64. The van der Waals surface area contributed by atoms with Crippen molar-refractivity contribution in [2.75, 3.05) is 32.1 Å². The fourth-order valence-electron chi connectivity index (χ4n) is 3.34. The minimum atomic E-state index is 0.728. The van der Waals surface area contributed by atoms with Gasteiger partial charge in [0.25, 0.3) is 0 Å². The Bertz CT molecular complexity index is 408. The zero-order valence-electron chi connectivity index (χ0n) is 13.1. The third kappa shape index (κ3) is 3.66. The lowest BCUT2D eigenvalue weighted by molar-refractivity contribution is 0.386. The summed E-state index contributed by atoms with van der Waals surface area (Å²) in [5.74, 6) is 1.79. The molecule has 3 nitrogen and oxygen atoms in total. The summed E-state index contributed by atoms with van der Waals surface area (Å²) in [6.07, 6.45) is 5.35. The average molecular weight is 276 g/mol. The summed E-state index contributed by atoms with van der Waals surface area (Å²) in [6, 6.07) is 8.99. The highest BCUT2D eigenvalue weighted by atomic mass is 16.5. The highest BCUT2D eigenvalue weighted by Gasteiger charge is 2.26. The zero-order chi connectivity index (χ0) is 14.4. The van der Waals surface area contributed by atoms with Crippen molar-refractivity contribution in [1.82, 2.24) is 5.32 Å². The summed E-state index contributed by atoms with van der Waals surface area (Å²) < 4.78 is 5.44. The van der Waals surface area contributed by atoms with E-state index < -0.39 is 0 Å². The predicted molar refractivity (Wildman–Crippen MR) is 85.7 cm³/mol. The van der Waals surface area contributed by atoms with Crippen molar-refractivity contribution in [3.8, 4) is 5.75 Å². The monoisotopic (exact) mass is 276 g/mol. The van der Waals surface area contributed by atoms with Gasteiger partial charge in [-0.3, -0.25) is 0 Å². The van der Waals surface area contributed by atoms with Crippen LogP contribution in [0.3, 0.4) is 0 Å². The predicted octanol–water partition coefficient (Wildman–Crippen LogP) is 3.30. The molecule has 0 radical (unpaired) electrons. The van der Waals surface area contributed by atoms with Gasteiger partial charge in [0.2, 0.25) is 0 Å². The normalized spacial score (nSPS) is 21.9.